The quantitative estimate of drug-likeness (QED) is 0.785. The summed E-state index contributed by atoms with van der Waals surface area (Å²) in [5.74, 6) is -0.763. The van der Waals surface area contributed by atoms with Crippen molar-refractivity contribution in [3.63, 3.8) is 0 Å². The van der Waals surface area contributed by atoms with Gasteiger partial charge in [0.2, 0.25) is 10.0 Å². The first-order chi connectivity index (χ1) is 12.6. The van der Waals surface area contributed by atoms with Gasteiger partial charge in [-0.1, -0.05) is 17.7 Å². The number of rotatable bonds is 5. The van der Waals surface area contributed by atoms with Crippen molar-refractivity contribution in [1.29, 1.82) is 0 Å². The molecule has 146 valence electrons. The van der Waals surface area contributed by atoms with E-state index in [9.17, 15) is 21.2 Å². The number of hydrogen-bond donors (Lipinski definition) is 1. The van der Waals surface area contributed by atoms with Gasteiger partial charge >= 0.3 is 0 Å². The summed E-state index contributed by atoms with van der Waals surface area (Å²) in [6, 6.07) is 7.89. The van der Waals surface area contributed by atoms with Gasteiger partial charge in [0.1, 0.15) is 5.82 Å². The Morgan fingerprint density at radius 1 is 1.15 bits per heavy atom. The van der Waals surface area contributed by atoms with Crippen molar-refractivity contribution in [2.45, 2.75) is 24.7 Å². The zero-order valence-electron chi connectivity index (χ0n) is 14.4. The predicted octanol–water partition coefficient (Wildman–Crippen LogP) is 3.38. The fourth-order valence-electron chi connectivity index (χ4n) is 2.91. The van der Waals surface area contributed by atoms with Crippen LogP contribution in [0.2, 0.25) is 5.02 Å². The number of nitrogens with zero attached hydrogens (tertiary/aromatic N) is 1. The molecular weight excluding hydrogens is 415 g/mol. The van der Waals surface area contributed by atoms with Crippen molar-refractivity contribution in [3.05, 3.63) is 52.8 Å². The van der Waals surface area contributed by atoms with E-state index in [4.69, 9.17) is 11.6 Å². The number of fused-ring (bicyclic) bond motifs is 1. The molecule has 6 nitrogen and oxygen atoms in total. The monoisotopic (exact) mass is 432 g/mol. The summed E-state index contributed by atoms with van der Waals surface area (Å²) in [4.78, 5) is -0.190. The van der Waals surface area contributed by atoms with Crippen LogP contribution in [0.5, 0.6) is 0 Å². The number of hydrogen-bond acceptors (Lipinski definition) is 4. The van der Waals surface area contributed by atoms with Gasteiger partial charge in [-0.2, -0.15) is 0 Å². The number of aryl methyl sites for hydroxylation is 1. The second-order valence-electron chi connectivity index (χ2n) is 6.10. The minimum Gasteiger partial charge on any atom is -0.280 e. The zero-order valence-corrected chi connectivity index (χ0v) is 16.8. The van der Waals surface area contributed by atoms with Crippen LogP contribution in [-0.4, -0.2) is 29.1 Å². The molecule has 0 aromatic heterocycles. The molecule has 2 aromatic rings. The molecule has 10 heteroatoms. The van der Waals surface area contributed by atoms with E-state index >= 15 is 0 Å². The molecule has 1 N–H and O–H groups in total. The highest BCUT2D eigenvalue weighted by molar-refractivity contribution is 7.93. The molecule has 27 heavy (non-hydrogen) atoms. The largest absolute Gasteiger partial charge is 0.280 e. The zero-order chi connectivity index (χ0) is 19.8. The Kier molecular flexibility index (Phi) is 5.38. The van der Waals surface area contributed by atoms with Crippen LogP contribution in [0.3, 0.4) is 0 Å². The van der Waals surface area contributed by atoms with E-state index in [1.807, 2.05) is 0 Å². The van der Waals surface area contributed by atoms with Crippen molar-refractivity contribution >= 4 is 43.0 Å². The summed E-state index contributed by atoms with van der Waals surface area (Å²) in [7, 11) is -7.47. The Labute approximate surface area is 163 Å². The van der Waals surface area contributed by atoms with E-state index in [1.165, 1.54) is 10.4 Å². The Morgan fingerprint density at radius 3 is 2.56 bits per heavy atom. The predicted molar refractivity (Wildman–Crippen MR) is 104 cm³/mol. The standard InChI is InChI=1S/C17H18ClFN2O4S2/c1-2-26(22,23)21-9-3-4-12-5-6-13(10-17(12)21)20-27(24,25)14-7-8-16(19)15(18)11-14/h5-8,10-11,20H,2-4,9H2,1H3. The lowest BCUT2D eigenvalue weighted by Crippen LogP contribution is -2.36. The lowest BCUT2D eigenvalue weighted by Gasteiger charge is -2.30. The van der Waals surface area contributed by atoms with Gasteiger partial charge in [-0.05, 0) is 55.7 Å². The molecule has 0 radical (unpaired) electrons. The van der Waals surface area contributed by atoms with Crippen LogP contribution in [0.4, 0.5) is 15.8 Å². The third-order valence-electron chi connectivity index (χ3n) is 4.32. The van der Waals surface area contributed by atoms with Crippen LogP contribution in [0.15, 0.2) is 41.3 Å². The first-order valence-electron chi connectivity index (χ1n) is 8.25. The average molecular weight is 433 g/mol. The molecule has 0 spiro atoms. The molecule has 0 fully saturated rings. The summed E-state index contributed by atoms with van der Waals surface area (Å²) in [5.41, 5.74) is 1.53. The molecule has 0 bridgehead atoms. The van der Waals surface area contributed by atoms with E-state index in [0.29, 0.717) is 25.1 Å². The molecule has 0 atom stereocenters. The highest BCUT2D eigenvalue weighted by Crippen LogP contribution is 2.33. The second-order valence-corrected chi connectivity index (χ2v) is 10.4. The Morgan fingerprint density at radius 2 is 1.89 bits per heavy atom. The summed E-state index contributed by atoms with van der Waals surface area (Å²) in [5, 5.41) is -0.302. The van der Waals surface area contributed by atoms with Crippen molar-refractivity contribution in [3.8, 4) is 0 Å². The van der Waals surface area contributed by atoms with Crippen LogP contribution in [0, 0.1) is 5.82 Å². The van der Waals surface area contributed by atoms with E-state index in [0.717, 1.165) is 23.8 Å². The lowest BCUT2D eigenvalue weighted by atomic mass is 10.0. The van der Waals surface area contributed by atoms with Gasteiger partial charge in [0.25, 0.3) is 10.0 Å². The normalized spacial score (nSPS) is 14.7. The molecule has 0 amide bonds. The van der Waals surface area contributed by atoms with Crippen molar-refractivity contribution < 1.29 is 21.2 Å². The number of sulfonamides is 2. The fraction of sp³-hybridized carbons (Fsp3) is 0.294. The van der Waals surface area contributed by atoms with E-state index in [1.54, 1.807) is 19.1 Å². The molecule has 0 unspecified atom stereocenters. The van der Waals surface area contributed by atoms with Gasteiger partial charge in [-0.25, -0.2) is 21.2 Å². The smallest absolute Gasteiger partial charge is 0.261 e. The maximum absolute atomic E-state index is 13.3. The van der Waals surface area contributed by atoms with Crippen LogP contribution in [0.1, 0.15) is 18.9 Å². The van der Waals surface area contributed by atoms with E-state index in [-0.39, 0.29) is 21.4 Å². The molecule has 1 aliphatic rings. The van der Waals surface area contributed by atoms with Gasteiger partial charge in [0.05, 0.1) is 27.0 Å². The molecule has 0 saturated heterocycles. The van der Waals surface area contributed by atoms with E-state index < -0.39 is 25.9 Å². The highest BCUT2D eigenvalue weighted by atomic mass is 35.5. The van der Waals surface area contributed by atoms with Crippen LogP contribution < -0.4 is 9.03 Å². The third-order valence-corrected chi connectivity index (χ3v) is 7.76. The van der Waals surface area contributed by atoms with Crippen LogP contribution in [-0.2, 0) is 26.5 Å². The number of anilines is 2. The van der Waals surface area contributed by atoms with Crippen molar-refractivity contribution in [2.75, 3.05) is 21.3 Å². The Balaban J connectivity index is 1.97. The Hall–Kier alpha value is -1.84. The minimum atomic E-state index is -4.01. The molecule has 0 saturated carbocycles. The summed E-state index contributed by atoms with van der Waals surface area (Å²) in [6.07, 6.45) is 1.41. The summed E-state index contributed by atoms with van der Waals surface area (Å²) >= 11 is 5.66. The first-order valence-corrected chi connectivity index (χ1v) is 11.7. The van der Waals surface area contributed by atoms with Crippen LogP contribution in [0.25, 0.3) is 0 Å². The first kappa shape index (κ1) is 19.9. The van der Waals surface area contributed by atoms with Crippen molar-refractivity contribution in [2.24, 2.45) is 0 Å². The summed E-state index contributed by atoms with van der Waals surface area (Å²) < 4.78 is 66.8. The average Bonchev–Trinajstić information content (AvgIpc) is 2.63. The third kappa shape index (κ3) is 4.04. The summed E-state index contributed by atoms with van der Waals surface area (Å²) in [6.45, 7) is 1.92. The number of halogens is 2. The number of benzene rings is 2. The van der Waals surface area contributed by atoms with E-state index in [2.05, 4.69) is 4.72 Å². The second kappa shape index (κ2) is 7.29. The van der Waals surface area contributed by atoms with Gasteiger partial charge in [0.15, 0.2) is 0 Å². The van der Waals surface area contributed by atoms with Gasteiger partial charge in [-0.3, -0.25) is 9.03 Å². The van der Waals surface area contributed by atoms with Gasteiger partial charge in [0, 0.05) is 6.54 Å². The molecule has 1 heterocycles. The maximum Gasteiger partial charge on any atom is 0.261 e. The lowest BCUT2D eigenvalue weighted by molar-refractivity contribution is 0.587. The highest BCUT2D eigenvalue weighted by Gasteiger charge is 2.27. The molecule has 1 aliphatic heterocycles. The Bertz CT molecular complexity index is 1090. The molecule has 2 aromatic carbocycles. The van der Waals surface area contributed by atoms with Gasteiger partial charge < -0.3 is 0 Å². The fourth-order valence-corrected chi connectivity index (χ4v) is 5.42. The maximum atomic E-state index is 13.3. The molecular formula is C17H18ClFN2O4S2. The minimum absolute atomic E-state index is 0.0452. The van der Waals surface area contributed by atoms with Crippen LogP contribution >= 0.6 is 11.6 Å². The van der Waals surface area contributed by atoms with Gasteiger partial charge in [-0.15, -0.1) is 0 Å². The van der Waals surface area contributed by atoms with Crippen molar-refractivity contribution in [1.82, 2.24) is 0 Å². The topological polar surface area (TPSA) is 83.6 Å². The number of nitrogens with one attached hydrogen (secondary N) is 1. The SMILES string of the molecule is CCS(=O)(=O)N1CCCc2ccc(NS(=O)(=O)c3ccc(F)c(Cl)c3)cc21. The molecule has 0 aliphatic carbocycles. The molecule has 3 rings (SSSR count).